The summed E-state index contributed by atoms with van der Waals surface area (Å²) in [6.45, 7) is 6.35. The maximum absolute atomic E-state index is 12.2. The van der Waals surface area contributed by atoms with Gasteiger partial charge in [0.2, 0.25) is 0 Å². The molecule has 3 heteroatoms. The zero-order chi connectivity index (χ0) is 14.5. The Bertz CT molecular complexity index is 462. The topological polar surface area (TPSA) is 41.1 Å². The molecule has 1 aliphatic carbocycles. The molecular weight excluding hydrogens is 248 g/mol. The van der Waals surface area contributed by atoms with E-state index < -0.39 is 0 Å². The second-order valence-corrected chi connectivity index (χ2v) is 6.13. The fourth-order valence-electron chi connectivity index (χ4n) is 2.92. The zero-order valence-corrected chi connectivity index (χ0v) is 12.8. The predicted molar refractivity (Wildman–Crippen MR) is 84.3 cm³/mol. The fourth-order valence-corrected chi connectivity index (χ4v) is 2.92. The van der Waals surface area contributed by atoms with E-state index in [1.807, 2.05) is 13.0 Å². The highest BCUT2D eigenvalue weighted by Gasteiger charge is 2.17. The van der Waals surface area contributed by atoms with Crippen LogP contribution in [-0.2, 0) is 0 Å². The van der Waals surface area contributed by atoms with Crippen molar-refractivity contribution < 1.29 is 4.79 Å². The highest BCUT2D eigenvalue weighted by Crippen LogP contribution is 2.27. The summed E-state index contributed by atoms with van der Waals surface area (Å²) in [6, 6.07) is 6.47. The summed E-state index contributed by atoms with van der Waals surface area (Å²) in [7, 11) is 0. The maximum atomic E-state index is 12.2. The van der Waals surface area contributed by atoms with Crippen LogP contribution in [0.2, 0.25) is 0 Å². The van der Waals surface area contributed by atoms with Crippen molar-refractivity contribution in [2.45, 2.75) is 64.8 Å². The Morgan fingerprint density at radius 2 is 1.90 bits per heavy atom. The fraction of sp³-hybridized carbons (Fsp3) is 0.588. The number of carbonyl (C=O) groups is 1. The molecule has 2 N–H and O–H groups in total. The van der Waals surface area contributed by atoms with Crippen LogP contribution in [0.5, 0.6) is 0 Å². The molecule has 1 saturated carbocycles. The molecule has 110 valence electrons. The monoisotopic (exact) mass is 274 g/mol. The zero-order valence-electron chi connectivity index (χ0n) is 12.8. The average molecular weight is 274 g/mol. The summed E-state index contributed by atoms with van der Waals surface area (Å²) in [5.41, 5.74) is 3.29. The van der Waals surface area contributed by atoms with Crippen molar-refractivity contribution in [3.8, 4) is 0 Å². The van der Waals surface area contributed by atoms with Crippen molar-refractivity contribution in [2.75, 3.05) is 5.32 Å². The highest BCUT2D eigenvalue weighted by atomic mass is 16.2. The molecule has 1 aromatic rings. The van der Waals surface area contributed by atoms with E-state index in [1.165, 1.54) is 24.8 Å². The number of hydrogen-bond acceptors (Lipinski definition) is 1. The summed E-state index contributed by atoms with van der Waals surface area (Å²) in [6.07, 6.45) is 5.98. The van der Waals surface area contributed by atoms with Crippen LogP contribution < -0.4 is 10.6 Å². The van der Waals surface area contributed by atoms with Gasteiger partial charge in [-0.1, -0.05) is 51.3 Å². The van der Waals surface area contributed by atoms with Crippen LogP contribution in [0.3, 0.4) is 0 Å². The molecule has 0 aliphatic heterocycles. The summed E-state index contributed by atoms with van der Waals surface area (Å²) >= 11 is 0. The van der Waals surface area contributed by atoms with Crippen molar-refractivity contribution in [3.63, 3.8) is 0 Å². The molecular formula is C17H26N2O. The summed E-state index contributed by atoms with van der Waals surface area (Å²) in [5.74, 6) is 0.403. The molecule has 0 spiro atoms. The van der Waals surface area contributed by atoms with Gasteiger partial charge in [-0.15, -0.1) is 0 Å². The van der Waals surface area contributed by atoms with Crippen LogP contribution in [0.1, 0.15) is 63.0 Å². The van der Waals surface area contributed by atoms with E-state index >= 15 is 0 Å². The lowest BCUT2D eigenvalue weighted by Crippen LogP contribution is -2.39. The normalized spacial score (nSPS) is 16.2. The van der Waals surface area contributed by atoms with E-state index in [9.17, 15) is 4.79 Å². The van der Waals surface area contributed by atoms with Crippen LogP contribution in [-0.4, -0.2) is 12.1 Å². The first kappa shape index (κ1) is 14.9. The van der Waals surface area contributed by atoms with Crippen LogP contribution >= 0.6 is 0 Å². The Kier molecular flexibility index (Phi) is 5.05. The van der Waals surface area contributed by atoms with E-state index in [0.717, 1.165) is 24.1 Å². The highest BCUT2D eigenvalue weighted by molar-refractivity contribution is 5.91. The Hall–Kier alpha value is -1.51. The van der Waals surface area contributed by atoms with E-state index in [0.29, 0.717) is 12.0 Å². The van der Waals surface area contributed by atoms with Crippen molar-refractivity contribution >= 4 is 11.7 Å². The number of anilines is 1. The van der Waals surface area contributed by atoms with Crippen molar-refractivity contribution in [1.29, 1.82) is 0 Å². The van der Waals surface area contributed by atoms with Gasteiger partial charge in [0.25, 0.3) is 0 Å². The minimum Gasteiger partial charge on any atom is -0.335 e. The number of para-hydroxylation sites is 1. The lowest BCUT2D eigenvalue weighted by Gasteiger charge is -2.24. The molecule has 1 aliphatic rings. The quantitative estimate of drug-likeness (QED) is 0.832. The van der Waals surface area contributed by atoms with Gasteiger partial charge >= 0.3 is 6.03 Å². The number of benzene rings is 1. The van der Waals surface area contributed by atoms with E-state index in [1.54, 1.807) is 0 Å². The number of carbonyl (C=O) groups excluding carboxylic acids is 1. The van der Waals surface area contributed by atoms with Gasteiger partial charge in [-0.05, 0) is 36.8 Å². The van der Waals surface area contributed by atoms with Gasteiger partial charge in [0, 0.05) is 11.7 Å². The largest absolute Gasteiger partial charge is 0.335 e. The lowest BCUT2D eigenvalue weighted by atomic mass is 9.95. The molecule has 0 unspecified atom stereocenters. The minimum absolute atomic E-state index is 0.0619. The first-order chi connectivity index (χ1) is 9.58. The van der Waals surface area contributed by atoms with Gasteiger partial charge in [0.1, 0.15) is 0 Å². The lowest BCUT2D eigenvalue weighted by molar-refractivity contribution is 0.244. The predicted octanol–water partition coefficient (Wildman–Crippen LogP) is 4.57. The molecule has 0 atom stereocenters. The van der Waals surface area contributed by atoms with Crippen molar-refractivity contribution in [2.24, 2.45) is 0 Å². The van der Waals surface area contributed by atoms with Gasteiger partial charge < -0.3 is 10.6 Å². The molecule has 2 rings (SSSR count). The van der Waals surface area contributed by atoms with Gasteiger partial charge in [0.15, 0.2) is 0 Å². The SMILES string of the molecule is Cc1cccc(C(C)C)c1NC(=O)NC1CCCCC1. The van der Waals surface area contributed by atoms with Crippen LogP contribution in [0.15, 0.2) is 18.2 Å². The standard InChI is InChI=1S/C17H26N2O/c1-12(2)15-11-7-8-13(3)16(15)19-17(20)18-14-9-5-4-6-10-14/h7-8,11-12,14H,4-6,9-10H2,1-3H3,(H2,18,19,20). The third-order valence-corrected chi connectivity index (χ3v) is 4.11. The van der Waals surface area contributed by atoms with E-state index in [4.69, 9.17) is 0 Å². The molecule has 0 saturated heterocycles. The van der Waals surface area contributed by atoms with Crippen molar-refractivity contribution in [3.05, 3.63) is 29.3 Å². The smallest absolute Gasteiger partial charge is 0.319 e. The molecule has 0 heterocycles. The maximum Gasteiger partial charge on any atom is 0.319 e. The second kappa shape index (κ2) is 6.78. The Morgan fingerprint density at radius 3 is 2.55 bits per heavy atom. The van der Waals surface area contributed by atoms with Crippen LogP contribution in [0, 0.1) is 6.92 Å². The molecule has 3 nitrogen and oxygen atoms in total. The third-order valence-electron chi connectivity index (χ3n) is 4.11. The first-order valence-electron chi connectivity index (χ1n) is 7.75. The van der Waals surface area contributed by atoms with Gasteiger partial charge in [-0.25, -0.2) is 4.79 Å². The van der Waals surface area contributed by atoms with Gasteiger partial charge in [-0.3, -0.25) is 0 Å². The number of urea groups is 1. The second-order valence-electron chi connectivity index (χ2n) is 6.13. The first-order valence-corrected chi connectivity index (χ1v) is 7.75. The number of amides is 2. The number of nitrogens with one attached hydrogen (secondary N) is 2. The van der Waals surface area contributed by atoms with Gasteiger partial charge in [-0.2, -0.15) is 0 Å². The molecule has 0 aromatic heterocycles. The molecule has 1 fully saturated rings. The summed E-state index contributed by atoms with van der Waals surface area (Å²) in [4.78, 5) is 12.2. The van der Waals surface area contributed by atoms with E-state index in [-0.39, 0.29) is 6.03 Å². The number of hydrogen-bond donors (Lipinski definition) is 2. The number of rotatable bonds is 3. The molecule has 2 amide bonds. The van der Waals surface area contributed by atoms with Gasteiger partial charge in [0.05, 0.1) is 0 Å². The molecule has 0 bridgehead atoms. The van der Waals surface area contributed by atoms with E-state index in [2.05, 4.69) is 36.6 Å². The van der Waals surface area contributed by atoms with Crippen molar-refractivity contribution in [1.82, 2.24) is 5.32 Å². The molecule has 0 radical (unpaired) electrons. The van der Waals surface area contributed by atoms with Crippen LogP contribution in [0.4, 0.5) is 10.5 Å². The van der Waals surface area contributed by atoms with Crippen LogP contribution in [0.25, 0.3) is 0 Å². The molecule has 1 aromatic carbocycles. The Labute approximate surface area is 122 Å². The minimum atomic E-state index is -0.0619. The Morgan fingerprint density at radius 1 is 1.20 bits per heavy atom. The summed E-state index contributed by atoms with van der Waals surface area (Å²) < 4.78 is 0. The Balaban J connectivity index is 2.03. The average Bonchev–Trinajstić information content (AvgIpc) is 2.42. The summed E-state index contributed by atoms with van der Waals surface area (Å²) in [5, 5.41) is 6.17. The number of aryl methyl sites for hydroxylation is 1. The third kappa shape index (κ3) is 3.75. The molecule has 20 heavy (non-hydrogen) atoms.